The molecule has 1 aromatic rings. The molecule has 0 atom stereocenters. The first-order valence-corrected chi connectivity index (χ1v) is 3.87. The molecule has 0 aliphatic heterocycles. The van der Waals surface area contributed by atoms with E-state index in [1.807, 2.05) is 20.8 Å². The molecular weight excluding hydrogens is 154 g/mol. The highest BCUT2D eigenvalue weighted by atomic mass is 16.1. The standard InChI is InChI=1S/C8H13N3O/c1-5(2)11-6(3)4-10-7(9)8(11)12/h4-5H,1-3H3,(H2,9,10). The SMILES string of the molecule is Cc1cnc(N)c(=O)n1C(C)C. The van der Waals surface area contributed by atoms with E-state index in [0.29, 0.717) is 0 Å². The summed E-state index contributed by atoms with van der Waals surface area (Å²) in [6, 6.07) is 0.128. The van der Waals surface area contributed by atoms with Gasteiger partial charge in [0.15, 0.2) is 5.82 Å². The summed E-state index contributed by atoms with van der Waals surface area (Å²) in [6.07, 6.45) is 1.61. The van der Waals surface area contributed by atoms with E-state index in [9.17, 15) is 4.79 Å². The first-order valence-electron chi connectivity index (χ1n) is 3.87. The van der Waals surface area contributed by atoms with Crippen LogP contribution in [0.2, 0.25) is 0 Å². The minimum absolute atomic E-state index is 0.0642. The number of nitrogens with two attached hydrogens (primary N) is 1. The summed E-state index contributed by atoms with van der Waals surface area (Å²) < 4.78 is 1.63. The fourth-order valence-electron chi connectivity index (χ4n) is 1.21. The lowest BCUT2D eigenvalue weighted by Crippen LogP contribution is -2.27. The van der Waals surface area contributed by atoms with Gasteiger partial charge in [-0.05, 0) is 20.8 Å². The average molecular weight is 167 g/mol. The Hall–Kier alpha value is -1.32. The smallest absolute Gasteiger partial charge is 0.293 e. The van der Waals surface area contributed by atoms with Crippen LogP contribution in [0, 0.1) is 6.92 Å². The molecule has 0 unspecified atom stereocenters. The van der Waals surface area contributed by atoms with Crippen molar-refractivity contribution in [1.29, 1.82) is 0 Å². The van der Waals surface area contributed by atoms with Crippen LogP contribution in [0.25, 0.3) is 0 Å². The Bertz CT molecular complexity index is 341. The second-order valence-corrected chi connectivity index (χ2v) is 3.05. The van der Waals surface area contributed by atoms with E-state index < -0.39 is 0 Å². The molecule has 0 aromatic carbocycles. The predicted octanol–water partition coefficient (Wildman–Crippen LogP) is 0.715. The Kier molecular flexibility index (Phi) is 2.17. The van der Waals surface area contributed by atoms with E-state index in [1.165, 1.54) is 0 Å². The van der Waals surface area contributed by atoms with E-state index in [2.05, 4.69) is 4.98 Å². The van der Waals surface area contributed by atoms with Crippen molar-refractivity contribution < 1.29 is 0 Å². The lowest BCUT2D eigenvalue weighted by atomic mass is 10.3. The molecule has 0 amide bonds. The van der Waals surface area contributed by atoms with Crippen LogP contribution < -0.4 is 11.3 Å². The highest BCUT2D eigenvalue weighted by molar-refractivity contribution is 5.24. The number of hydrogen-bond acceptors (Lipinski definition) is 3. The number of nitrogen functional groups attached to an aromatic ring is 1. The fourth-order valence-corrected chi connectivity index (χ4v) is 1.21. The van der Waals surface area contributed by atoms with Gasteiger partial charge in [-0.15, -0.1) is 0 Å². The van der Waals surface area contributed by atoms with E-state index >= 15 is 0 Å². The number of anilines is 1. The van der Waals surface area contributed by atoms with Crippen molar-refractivity contribution in [2.45, 2.75) is 26.8 Å². The second kappa shape index (κ2) is 2.97. The van der Waals surface area contributed by atoms with Crippen molar-refractivity contribution >= 4 is 5.82 Å². The summed E-state index contributed by atoms with van der Waals surface area (Å²) in [4.78, 5) is 15.2. The van der Waals surface area contributed by atoms with Gasteiger partial charge in [-0.3, -0.25) is 4.79 Å². The van der Waals surface area contributed by atoms with Crippen molar-refractivity contribution in [2.75, 3.05) is 5.73 Å². The Labute approximate surface area is 71.0 Å². The molecule has 4 heteroatoms. The van der Waals surface area contributed by atoms with Crippen molar-refractivity contribution in [2.24, 2.45) is 0 Å². The van der Waals surface area contributed by atoms with Gasteiger partial charge in [0.2, 0.25) is 0 Å². The van der Waals surface area contributed by atoms with Gasteiger partial charge >= 0.3 is 0 Å². The van der Waals surface area contributed by atoms with Gasteiger partial charge in [-0.1, -0.05) is 0 Å². The van der Waals surface area contributed by atoms with Crippen LogP contribution in [0.3, 0.4) is 0 Å². The third-order valence-corrected chi connectivity index (χ3v) is 1.72. The summed E-state index contributed by atoms with van der Waals surface area (Å²) in [5, 5.41) is 0. The Balaban J connectivity index is 3.44. The Morgan fingerprint density at radius 1 is 1.58 bits per heavy atom. The quantitative estimate of drug-likeness (QED) is 0.670. The number of rotatable bonds is 1. The molecule has 0 fully saturated rings. The molecule has 4 nitrogen and oxygen atoms in total. The van der Waals surface area contributed by atoms with Crippen molar-refractivity contribution in [3.8, 4) is 0 Å². The van der Waals surface area contributed by atoms with Gasteiger partial charge in [-0.2, -0.15) is 0 Å². The maximum atomic E-state index is 11.4. The third-order valence-electron chi connectivity index (χ3n) is 1.72. The Morgan fingerprint density at radius 3 is 2.58 bits per heavy atom. The van der Waals surface area contributed by atoms with Gasteiger partial charge in [0, 0.05) is 17.9 Å². The first-order chi connectivity index (χ1) is 5.54. The molecule has 0 aliphatic carbocycles. The van der Waals surface area contributed by atoms with Crippen LogP contribution in [-0.4, -0.2) is 9.55 Å². The van der Waals surface area contributed by atoms with Gasteiger partial charge in [0.1, 0.15) is 0 Å². The molecule has 1 heterocycles. The van der Waals surface area contributed by atoms with Crippen molar-refractivity contribution in [3.05, 3.63) is 22.2 Å². The van der Waals surface area contributed by atoms with Gasteiger partial charge in [-0.25, -0.2) is 4.98 Å². The fraction of sp³-hybridized carbons (Fsp3) is 0.500. The van der Waals surface area contributed by atoms with E-state index in [1.54, 1.807) is 10.8 Å². The summed E-state index contributed by atoms with van der Waals surface area (Å²) >= 11 is 0. The summed E-state index contributed by atoms with van der Waals surface area (Å²) in [5.74, 6) is 0.0642. The molecule has 0 bridgehead atoms. The molecule has 0 saturated carbocycles. The monoisotopic (exact) mass is 167 g/mol. The van der Waals surface area contributed by atoms with E-state index in [0.717, 1.165) is 5.69 Å². The highest BCUT2D eigenvalue weighted by Gasteiger charge is 2.06. The van der Waals surface area contributed by atoms with Crippen molar-refractivity contribution in [1.82, 2.24) is 9.55 Å². The normalized spacial score (nSPS) is 10.7. The molecule has 1 aromatic heterocycles. The average Bonchev–Trinajstić information content (AvgIpc) is 1.97. The summed E-state index contributed by atoms with van der Waals surface area (Å²) in [7, 11) is 0. The lowest BCUT2D eigenvalue weighted by molar-refractivity contribution is 0.560. The van der Waals surface area contributed by atoms with Crippen LogP contribution in [0.1, 0.15) is 25.6 Å². The van der Waals surface area contributed by atoms with E-state index in [4.69, 9.17) is 5.73 Å². The van der Waals surface area contributed by atoms with Crippen LogP contribution >= 0.6 is 0 Å². The molecular formula is C8H13N3O. The molecule has 1 rings (SSSR count). The van der Waals surface area contributed by atoms with Gasteiger partial charge in [0.25, 0.3) is 5.56 Å². The van der Waals surface area contributed by atoms with Crippen LogP contribution in [-0.2, 0) is 0 Å². The number of aryl methyl sites for hydroxylation is 1. The number of nitrogens with zero attached hydrogens (tertiary/aromatic N) is 2. The van der Waals surface area contributed by atoms with Gasteiger partial charge in [0.05, 0.1) is 0 Å². The predicted molar refractivity (Wildman–Crippen MR) is 48.0 cm³/mol. The van der Waals surface area contributed by atoms with Crippen LogP contribution in [0.15, 0.2) is 11.0 Å². The number of hydrogen-bond donors (Lipinski definition) is 1. The lowest BCUT2D eigenvalue weighted by Gasteiger charge is -2.12. The van der Waals surface area contributed by atoms with Crippen LogP contribution in [0.5, 0.6) is 0 Å². The molecule has 66 valence electrons. The molecule has 2 N–H and O–H groups in total. The largest absolute Gasteiger partial charge is 0.379 e. The highest BCUT2D eigenvalue weighted by Crippen LogP contribution is 2.04. The van der Waals surface area contributed by atoms with Gasteiger partial charge < -0.3 is 10.3 Å². The third kappa shape index (κ3) is 1.32. The van der Waals surface area contributed by atoms with E-state index in [-0.39, 0.29) is 17.4 Å². The minimum Gasteiger partial charge on any atom is -0.379 e. The summed E-state index contributed by atoms with van der Waals surface area (Å²) in [5.41, 5.74) is 6.02. The zero-order chi connectivity index (χ0) is 9.30. The molecule has 0 aliphatic rings. The molecule has 12 heavy (non-hydrogen) atoms. The zero-order valence-corrected chi connectivity index (χ0v) is 7.53. The molecule has 0 radical (unpaired) electrons. The summed E-state index contributed by atoms with van der Waals surface area (Å²) in [6.45, 7) is 5.72. The molecule has 0 spiro atoms. The van der Waals surface area contributed by atoms with Crippen LogP contribution in [0.4, 0.5) is 5.82 Å². The molecule has 0 saturated heterocycles. The Morgan fingerprint density at radius 2 is 2.17 bits per heavy atom. The number of aromatic nitrogens is 2. The van der Waals surface area contributed by atoms with Crippen molar-refractivity contribution in [3.63, 3.8) is 0 Å². The topological polar surface area (TPSA) is 60.9 Å². The maximum absolute atomic E-state index is 11.4. The second-order valence-electron chi connectivity index (χ2n) is 3.05. The first kappa shape index (κ1) is 8.77. The zero-order valence-electron chi connectivity index (χ0n) is 7.53. The minimum atomic E-state index is -0.204. The maximum Gasteiger partial charge on any atom is 0.293 e.